The summed E-state index contributed by atoms with van der Waals surface area (Å²) >= 11 is 0. The molecule has 0 spiro atoms. The summed E-state index contributed by atoms with van der Waals surface area (Å²) in [6.07, 6.45) is 2.45. The molecule has 1 fully saturated rings. The monoisotopic (exact) mass is 320 g/mol. The fourth-order valence-electron chi connectivity index (χ4n) is 3.49. The van der Waals surface area contributed by atoms with Crippen molar-refractivity contribution in [2.24, 2.45) is 5.92 Å². The minimum Gasteiger partial charge on any atom is -0.444 e. The third-order valence-electron chi connectivity index (χ3n) is 4.56. The zero-order valence-electron chi connectivity index (χ0n) is 14.1. The Labute approximate surface area is 137 Å². The van der Waals surface area contributed by atoms with E-state index in [4.69, 9.17) is 4.74 Å². The quantitative estimate of drug-likeness (QED) is 0.855. The lowest BCUT2D eigenvalue weighted by Gasteiger charge is -2.36. The highest BCUT2D eigenvalue weighted by atomic mass is 19.1. The number of rotatable bonds is 1. The number of ether oxygens (including phenoxy) is 1. The summed E-state index contributed by atoms with van der Waals surface area (Å²) in [6.45, 7) is 7.04. The highest BCUT2D eigenvalue weighted by Gasteiger charge is 2.35. The van der Waals surface area contributed by atoms with Gasteiger partial charge >= 0.3 is 6.09 Å². The van der Waals surface area contributed by atoms with Crippen LogP contribution in [0.3, 0.4) is 0 Å². The second kappa shape index (κ2) is 6.02. The molecule has 0 aromatic heterocycles. The van der Waals surface area contributed by atoms with Gasteiger partial charge in [0.1, 0.15) is 11.4 Å². The fourth-order valence-corrected chi connectivity index (χ4v) is 3.49. The number of carbonyl (C=O) groups excluding carboxylic acids is 1. The summed E-state index contributed by atoms with van der Waals surface area (Å²) in [5.74, 6) is 0.181. The topological polar surface area (TPSA) is 41.6 Å². The highest BCUT2D eigenvalue weighted by molar-refractivity contribution is 5.68. The number of nitrogens with one attached hydrogen (secondary N) is 1. The summed E-state index contributed by atoms with van der Waals surface area (Å²) in [7, 11) is 0. The van der Waals surface area contributed by atoms with Crippen LogP contribution in [0.1, 0.15) is 39.2 Å². The van der Waals surface area contributed by atoms with Crippen LogP contribution in [0.5, 0.6) is 0 Å². The number of nitrogens with zero attached hydrogens (tertiary/aromatic N) is 1. The van der Waals surface area contributed by atoms with E-state index >= 15 is 0 Å². The van der Waals surface area contributed by atoms with Crippen molar-refractivity contribution in [2.45, 2.75) is 51.7 Å². The van der Waals surface area contributed by atoms with Crippen molar-refractivity contribution in [1.29, 1.82) is 0 Å². The van der Waals surface area contributed by atoms with Crippen LogP contribution in [0.2, 0.25) is 0 Å². The smallest absolute Gasteiger partial charge is 0.410 e. The number of fused-ring (bicyclic) bond motifs is 1. The van der Waals surface area contributed by atoms with E-state index in [0.717, 1.165) is 30.6 Å². The predicted octanol–water partition coefficient (Wildman–Crippen LogP) is 3.81. The van der Waals surface area contributed by atoms with E-state index in [-0.39, 0.29) is 18.0 Å². The molecule has 2 aliphatic rings. The molecular formula is C18H25FN2O2. The molecule has 1 saturated heterocycles. The summed E-state index contributed by atoms with van der Waals surface area (Å²) in [5, 5.41) is 3.43. The SMILES string of the molecule is CC(C)(C)OC(=O)N1CCCC(C2Cc3c(F)cccc3N2)C1. The maximum absolute atomic E-state index is 13.9. The van der Waals surface area contributed by atoms with Gasteiger partial charge in [0.25, 0.3) is 0 Å². The summed E-state index contributed by atoms with van der Waals surface area (Å²) < 4.78 is 19.4. The number of piperidine rings is 1. The Hall–Kier alpha value is -1.78. The van der Waals surface area contributed by atoms with Crippen molar-refractivity contribution in [3.63, 3.8) is 0 Å². The van der Waals surface area contributed by atoms with E-state index < -0.39 is 5.60 Å². The van der Waals surface area contributed by atoms with Crippen LogP contribution in [0.25, 0.3) is 0 Å². The largest absolute Gasteiger partial charge is 0.444 e. The van der Waals surface area contributed by atoms with Crippen LogP contribution in [0.4, 0.5) is 14.9 Å². The standard InChI is InChI=1S/C18H25FN2O2/c1-18(2,3)23-17(22)21-9-5-6-12(11-21)16-10-13-14(19)7-4-8-15(13)20-16/h4,7-8,12,16,20H,5-6,9-11H2,1-3H3. The van der Waals surface area contributed by atoms with Crippen molar-refractivity contribution < 1.29 is 13.9 Å². The molecule has 23 heavy (non-hydrogen) atoms. The first-order valence-corrected chi connectivity index (χ1v) is 8.35. The minimum atomic E-state index is -0.477. The number of hydrogen-bond donors (Lipinski definition) is 1. The molecule has 0 bridgehead atoms. The lowest BCUT2D eigenvalue weighted by atomic mass is 9.89. The maximum Gasteiger partial charge on any atom is 0.410 e. The van der Waals surface area contributed by atoms with Crippen LogP contribution < -0.4 is 5.32 Å². The molecule has 1 aromatic carbocycles. The molecule has 2 heterocycles. The molecule has 2 atom stereocenters. The summed E-state index contributed by atoms with van der Waals surface area (Å²) in [5.41, 5.74) is 1.19. The lowest BCUT2D eigenvalue weighted by Crippen LogP contribution is -2.46. The fraction of sp³-hybridized carbons (Fsp3) is 0.611. The van der Waals surface area contributed by atoms with E-state index in [0.29, 0.717) is 18.9 Å². The van der Waals surface area contributed by atoms with E-state index in [1.807, 2.05) is 26.8 Å². The van der Waals surface area contributed by atoms with Gasteiger partial charge in [-0.25, -0.2) is 9.18 Å². The molecule has 4 nitrogen and oxygen atoms in total. The number of carbonyl (C=O) groups is 1. The summed E-state index contributed by atoms with van der Waals surface area (Å²) in [6, 6.07) is 5.35. The Morgan fingerprint density at radius 1 is 1.39 bits per heavy atom. The molecule has 3 rings (SSSR count). The van der Waals surface area contributed by atoms with Gasteiger partial charge in [0, 0.05) is 30.4 Å². The number of likely N-dealkylation sites (tertiary alicyclic amines) is 1. The average Bonchev–Trinajstić information content (AvgIpc) is 2.91. The highest BCUT2D eigenvalue weighted by Crippen LogP contribution is 2.34. The van der Waals surface area contributed by atoms with Gasteiger partial charge in [-0.2, -0.15) is 0 Å². The average molecular weight is 320 g/mol. The summed E-state index contributed by atoms with van der Waals surface area (Å²) in [4.78, 5) is 14.1. The Morgan fingerprint density at radius 3 is 2.87 bits per heavy atom. The molecule has 5 heteroatoms. The van der Waals surface area contributed by atoms with E-state index in [9.17, 15) is 9.18 Å². The van der Waals surface area contributed by atoms with Crippen molar-refractivity contribution in [3.8, 4) is 0 Å². The van der Waals surface area contributed by atoms with Gasteiger partial charge in [-0.3, -0.25) is 0 Å². The number of amides is 1. The lowest BCUT2D eigenvalue weighted by molar-refractivity contribution is 0.0157. The van der Waals surface area contributed by atoms with Gasteiger partial charge in [-0.05, 0) is 58.1 Å². The van der Waals surface area contributed by atoms with Gasteiger partial charge in [0.05, 0.1) is 0 Å². The van der Waals surface area contributed by atoms with Crippen molar-refractivity contribution in [2.75, 3.05) is 18.4 Å². The third kappa shape index (κ3) is 3.59. The molecule has 0 saturated carbocycles. The molecule has 1 aromatic rings. The Balaban J connectivity index is 1.64. The van der Waals surface area contributed by atoms with E-state index in [1.165, 1.54) is 6.07 Å². The maximum atomic E-state index is 13.9. The second-order valence-corrected chi connectivity index (χ2v) is 7.55. The Kier molecular flexibility index (Phi) is 4.21. The van der Waals surface area contributed by atoms with Gasteiger partial charge in [-0.15, -0.1) is 0 Å². The molecule has 0 aliphatic carbocycles. The molecule has 0 radical (unpaired) electrons. The normalized spacial score (nSPS) is 24.1. The van der Waals surface area contributed by atoms with Gasteiger partial charge in [0.15, 0.2) is 0 Å². The first-order chi connectivity index (χ1) is 10.8. The predicted molar refractivity (Wildman–Crippen MR) is 88.0 cm³/mol. The third-order valence-corrected chi connectivity index (χ3v) is 4.56. The minimum absolute atomic E-state index is 0.141. The van der Waals surface area contributed by atoms with E-state index in [1.54, 1.807) is 11.0 Å². The van der Waals surface area contributed by atoms with Crippen molar-refractivity contribution >= 4 is 11.8 Å². The first kappa shape index (κ1) is 16.1. The molecule has 1 N–H and O–H groups in total. The Bertz CT molecular complexity index is 597. The Morgan fingerprint density at radius 2 is 2.17 bits per heavy atom. The zero-order chi connectivity index (χ0) is 16.6. The van der Waals surface area contributed by atoms with Gasteiger partial charge in [-0.1, -0.05) is 6.07 Å². The second-order valence-electron chi connectivity index (χ2n) is 7.55. The number of anilines is 1. The van der Waals surface area contributed by atoms with Crippen LogP contribution in [0, 0.1) is 11.7 Å². The van der Waals surface area contributed by atoms with Crippen LogP contribution in [-0.4, -0.2) is 35.7 Å². The molecule has 1 amide bonds. The number of hydrogen-bond acceptors (Lipinski definition) is 3. The first-order valence-electron chi connectivity index (χ1n) is 8.35. The van der Waals surface area contributed by atoms with Crippen LogP contribution in [-0.2, 0) is 11.2 Å². The zero-order valence-corrected chi connectivity index (χ0v) is 14.1. The van der Waals surface area contributed by atoms with Gasteiger partial charge < -0.3 is 15.0 Å². The van der Waals surface area contributed by atoms with E-state index in [2.05, 4.69) is 5.32 Å². The van der Waals surface area contributed by atoms with Crippen LogP contribution >= 0.6 is 0 Å². The van der Waals surface area contributed by atoms with Crippen molar-refractivity contribution in [3.05, 3.63) is 29.6 Å². The molecule has 2 unspecified atom stereocenters. The number of benzene rings is 1. The van der Waals surface area contributed by atoms with Crippen LogP contribution in [0.15, 0.2) is 18.2 Å². The van der Waals surface area contributed by atoms with Gasteiger partial charge in [0.2, 0.25) is 0 Å². The van der Waals surface area contributed by atoms with Crippen molar-refractivity contribution in [1.82, 2.24) is 4.90 Å². The molecule has 126 valence electrons. The molecular weight excluding hydrogens is 295 g/mol. The molecule has 2 aliphatic heterocycles. The number of halogens is 1.